The quantitative estimate of drug-likeness (QED) is 0.453. The molecule has 9 heteroatoms. The summed E-state index contributed by atoms with van der Waals surface area (Å²) >= 11 is 6.23. The van der Waals surface area contributed by atoms with Gasteiger partial charge < -0.3 is 20.7 Å². The molecule has 0 fully saturated rings. The highest BCUT2D eigenvalue weighted by atomic mass is 35.5. The van der Waals surface area contributed by atoms with Gasteiger partial charge in [-0.15, -0.1) is 0 Å². The topological polar surface area (TPSA) is 116 Å². The fourth-order valence-electron chi connectivity index (χ4n) is 3.14. The Balaban J connectivity index is 1.92. The van der Waals surface area contributed by atoms with Gasteiger partial charge in [0.15, 0.2) is 0 Å². The van der Waals surface area contributed by atoms with Crippen molar-refractivity contribution in [2.24, 2.45) is 0 Å². The number of ether oxygens (including phenoxy) is 1. The zero-order valence-corrected chi connectivity index (χ0v) is 18.4. The minimum Gasteiger partial charge on any atom is -0.495 e. The Morgan fingerprint density at radius 2 is 1.94 bits per heavy atom. The first-order valence-electron chi connectivity index (χ1n) is 9.84. The highest BCUT2D eigenvalue weighted by Gasteiger charge is 2.16. The van der Waals surface area contributed by atoms with Crippen LogP contribution in [0.25, 0.3) is 10.9 Å². The van der Waals surface area contributed by atoms with Gasteiger partial charge in [-0.05, 0) is 35.9 Å². The lowest BCUT2D eigenvalue weighted by molar-refractivity contribution is -0.118. The van der Waals surface area contributed by atoms with E-state index in [-0.39, 0.29) is 18.4 Å². The molecule has 164 valence electrons. The van der Waals surface area contributed by atoms with E-state index in [1.807, 2.05) is 6.07 Å². The van der Waals surface area contributed by atoms with Gasteiger partial charge in [0.2, 0.25) is 5.91 Å². The average Bonchev–Trinajstić information content (AvgIpc) is 2.79. The van der Waals surface area contributed by atoms with Crippen LogP contribution in [0.2, 0.25) is 5.02 Å². The SMILES string of the molecule is COc1ccc(CNc2c(C(=O)NCCNC(C)=O)cnc3ccc(C#N)cc23)cc1Cl. The van der Waals surface area contributed by atoms with Crippen LogP contribution in [0.3, 0.4) is 0 Å². The van der Waals surface area contributed by atoms with Crippen molar-refractivity contribution in [1.29, 1.82) is 5.26 Å². The second-order valence-electron chi connectivity index (χ2n) is 6.95. The molecule has 2 amide bonds. The van der Waals surface area contributed by atoms with Gasteiger partial charge in [0.25, 0.3) is 5.91 Å². The maximum absolute atomic E-state index is 12.9. The van der Waals surface area contributed by atoms with Gasteiger partial charge in [0, 0.05) is 38.1 Å². The van der Waals surface area contributed by atoms with Crippen LogP contribution >= 0.6 is 11.6 Å². The summed E-state index contributed by atoms with van der Waals surface area (Å²) < 4.78 is 5.19. The molecule has 0 aliphatic carbocycles. The Kier molecular flexibility index (Phi) is 7.47. The maximum atomic E-state index is 12.9. The van der Waals surface area contributed by atoms with E-state index >= 15 is 0 Å². The molecule has 0 aliphatic rings. The Hall–Kier alpha value is -3.83. The van der Waals surface area contributed by atoms with Gasteiger partial charge in [0.05, 0.1) is 40.5 Å². The summed E-state index contributed by atoms with van der Waals surface area (Å²) in [6.45, 7) is 2.37. The lowest BCUT2D eigenvalue weighted by Gasteiger charge is -2.16. The fraction of sp³-hybridized carbons (Fsp3) is 0.217. The molecule has 0 radical (unpaired) electrons. The summed E-state index contributed by atoms with van der Waals surface area (Å²) in [5, 5.41) is 19.1. The number of halogens is 1. The lowest BCUT2D eigenvalue weighted by atomic mass is 10.1. The van der Waals surface area contributed by atoms with Crippen molar-refractivity contribution < 1.29 is 14.3 Å². The molecule has 0 spiro atoms. The number of amides is 2. The molecule has 1 heterocycles. The molecule has 8 nitrogen and oxygen atoms in total. The number of carbonyl (C=O) groups is 2. The van der Waals surface area contributed by atoms with Crippen molar-refractivity contribution in [3.05, 3.63) is 64.3 Å². The monoisotopic (exact) mass is 451 g/mol. The number of rotatable bonds is 8. The zero-order chi connectivity index (χ0) is 23.1. The van der Waals surface area contributed by atoms with E-state index in [1.54, 1.807) is 37.4 Å². The van der Waals surface area contributed by atoms with Gasteiger partial charge in [-0.25, -0.2) is 0 Å². The van der Waals surface area contributed by atoms with Gasteiger partial charge in [-0.2, -0.15) is 5.26 Å². The number of nitriles is 1. The number of nitrogens with zero attached hydrogens (tertiary/aromatic N) is 2. The molecule has 0 saturated heterocycles. The molecular formula is C23H22ClN5O3. The average molecular weight is 452 g/mol. The van der Waals surface area contributed by atoms with E-state index < -0.39 is 0 Å². The van der Waals surface area contributed by atoms with Gasteiger partial charge in [0.1, 0.15) is 5.75 Å². The first kappa shape index (κ1) is 22.8. The van der Waals surface area contributed by atoms with Gasteiger partial charge >= 0.3 is 0 Å². The van der Waals surface area contributed by atoms with Crippen LogP contribution in [0.15, 0.2) is 42.6 Å². The third-order valence-electron chi connectivity index (χ3n) is 4.71. The molecule has 2 aromatic carbocycles. The van der Waals surface area contributed by atoms with Crippen molar-refractivity contribution >= 4 is 40.0 Å². The predicted octanol–water partition coefficient (Wildman–Crippen LogP) is 3.25. The summed E-state index contributed by atoms with van der Waals surface area (Å²) in [5.74, 6) is 0.0567. The zero-order valence-electron chi connectivity index (χ0n) is 17.7. The summed E-state index contributed by atoms with van der Waals surface area (Å²) in [5.41, 5.74) is 2.87. The summed E-state index contributed by atoms with van der Waals surface area (Å²) in [6.07, 6.45) is 1.49. The molecule has 3 N–H and O–H groups in total. The molecule has 0 aliphatic heterocycles. The largest absolute Gasteiger partial charge is 0.495 e. The molecule has 0 atom stereocenters. The molecule has 3 rings (SSSR count). The molecule has 0 saturated carbocycles. The van der Waals surface area contributed by atoms with Crippen LogP contribution in [0.4, 0.5) is 5.69 Å². The first-order valence-corrected chi connectivity index (χ1v) is 10.2. The molecule has 0 bridgehead atoms. The van der Waals surface area contributed by atoms with Crippen LogP contribution in [0.5, 0.6) is 5.75 Å². The maximum Gasteiger partial charge on any atom is 0.255 e. The van der Waals surface area contributed by atoms with E-state index in [9.17, 15) is 14.9 Å². The molecule has 3 aromatic rings. The molecular weight excluding hydrogens is 430 g/mol. The number of hydrogen-bond donors (Lipinski definition) is 3. The van der Waals surface area contributed by atoms with E-state index in [0.29, 0.717) is 51.6 Å². The number of carbonyl (C=O) groups excluding carboxylic acids is 2. The van der Waals surface area contributed by atoms with E-state index in [4.69, 9.17) is 16.3 Å². The second-order valence-corrected chi connectivity index (χ2v) is 7.36. The number of aromatic nitrogens is 1. The van der Waals surface area contributed by atoms with Crippen molar-refractivity contribution in [1.82, 2.24) is 15.6 Å². The van der Waals surface area contributed by atoms with Crippen LogP contribution in [-0.2, 0) is 11.3 Å². The van der Waals surface area contributed by atoms with Crippen LogP contribution in [0, 0.1) is 11.3 Å². The normalized spacial score (nSPS) is 10.3. The van der Waals surface area contributed by atoms with E-state index in [1.165, 1.54) is 13.1 Å². The van der Waals surface area contributed by atoms with Crippen LogP contribution in [0.1, 0.15) is 28.4 Å². The van der Waals surface area contributed by atoms with Crippen LogP contribution in [-0.4, -0.2) is 37.0 Å². The Labute approximate surface area is 190 Å². The lowest BCUT2D eigenvalue weighted by Crippen LogP contribution is -2.34. The fourth-order valence-corrected chi connectivity index (χ4v) is 3.43. The third-order valence-corrected chi connectivity index (χ3v) is 5.01. The van der Waals surface area contributed by atoms with Gasteiger partial charge in [-0.1, -0.05) is 17.7 Å². The summed E-state index contributed by atoms with van der Waals surface area (Å²) in [7, 11) is 1.55. The first-order chi connectivity index (χ1) is 15.4. The Morgan fingerprint density at radius 3 is 2.62 bits per heavy atom. The number of hydrogen-bond acceptors (Lipinski definition) is 6. The second kappa shape index (κ2) is 10.5. The smallest absolute Gasteiger partial charge is 0.255 e. The number of pyridine rings is 1. The summed E-state index contributed by atoms with van der Waals surface area (Å²) in [4.78, 5) is 28.2. The van der Waals surface area contributed by atoms with Crippen molar-refractivity contribution in [3.63, 3.8) is 0 Å². The molecule has 32 heavy (non-hydrogen) atoms. The standard InChI is InChI=1S/C23H22ClN5O3/c1-14(30)26-7-8-27-23(31)18-13-28-20-5-3-15(11-25)9-17(20)22(18)29-12-16-4-6-21(32-2)19(24)10-16/h3-6,9-10,13H,7-8,12H2,1-2H3,(H,26,30)(H,27,31)(H,28,29). The Morgan fingerprint density at radius 1 is 1.16 bits per heavy atom. The van der Waals surface area contributed by atoms with Crippen molar-refractivity contribution in [2.45, 2.75) is 13.5 Å². The summed E-state index contributed by atoms with van der Waals surface area (Å²) in [6, 6.07) is 12.6. The predicted molar refractivity (Wildman–Crippen MR) is 123 cm³/mol. The van der Waals surface area contributed by atoms with E-state index in [2.05, 4.69) is 27.0 Å². The highest BCUT2D eigenvalue weighted by Crippen LogP contribution is 2.29. The van der Waals surface area contributed by atoms with E-state index in [0.717, 1.165) is 5.56 Å². The minimum absolute atomic E-state index is 0.170. The molecule has 0 unspecified atom stereocenters. The number of benzene rings is 2. The number of anilines is 1. The number of methoxy groups -OCH3 is 1. The highest BCUT2D eigenvalue weighted by molar-refractivity contribution is 6.32. The number of fused-ring (bicyclic) bond motifs is 1. The third kappa shape index (κ3) is 5.45. The van der Waals surface area contributed by atoms with Crippen LogP contribution < -0.4 is 20.7 Å². The van der Waals surface area contributed by atoms with Crippen molar-refractivity contribution in [3.8, 4) is 11.8 Å². The minimum atomic E-state index is -0.345. The Bertz CT molecular complexity index is 1210. The molecule has 1 aromatic heterocycles. The van der Waals surface area contributed by atoms with Gasteiger partial charge in [-0.3, -0.25) is 14.6 Å². The number of nitrogens with one attached hydrogen (secondary N) is 3. The van der Waals surface area contributed by atoms with Crippen molar-refractivity contribution in [2.75, 3.05) is 25.5 Å².